The molecule has 0 aliphatic carbocycles. The standard InChI is InChI=1S/C11H22N2O/c1-10-9-12-11(14-10)5-8-13-6-3-2-4-7-13/h10-12H,2-9H2,1H3. The van der Waals surface area contributed by atoms with Gasteiger partial charge in [0.25, 0.3) is 0 Å². The number of rotatable bonds is 3. The summed E-state index contributed by atoms with van der Waals surface area (Å²) >= 11 is 0. The molecule has 82 valence electrons. The summed E-state index contributed by atoms with van der Waals surface area (Å²) in [6, 6.07) is 0. The third kappa shape index (κ3) is 2.94. The van der Waals surface area contributed by atoms with Crippen LogP contribution in [0.3, 0.4) is 0 Å². The minimum absolute atomic E-state index is 0.312. The van der Waals surface area contributed by atoms with Crippen LogP contribution in [0.5, 0.6) is 0 Å². The molecule has 3 nitrogen and oxygen atoms in total. The Labute approximate surface area is 86.8 Å². The van der Waals surface area contributed by atoms with E-state index in [2.05, 4.69) is 17.1 Å². The molecule has 0 aromatic carbocycles. The summed E-state index contributed by atoms with van der Waals surface area (Å²) in [5, 5.41) is 3.40. The van der Waals surface area contributed by atoms with Crippen molar-refractivity contribution < 1.29 is 4.74 Å². The molecule has 2 saturated heterocycles. The third-order valence-corrected chi connectivity index (χ3v) is 3.19. The van der Waals surface area contributed by atoms with Gasteiger partial charge in [0.05, 0.1) is 6.10 Å². The summed E-state index contributed by atoms with van der Waals surface area (Å²) in [5.74, 6) is 0. The Kier molecular flexibility index (Phi) is 3.79. The van der Waals surface area contributed by atoms with Crippen molar-refractivity contribution >= 4 is 0 Å². The van der Waals surface area contributed by atoms with Gasteiger partial charge in [-0.1, -0.05) is 6.42 Å². The number of piperidine rings is 1. The first-order chi connectivity index (χ1) is 6.84. The molecular formula is C11H22N2O. The van der Waals surface area contributed by atoms with E-state index in [0.717, 1.165) is 13.0 Å². The predicted octanol–water partition coefficient (Wildman–Crippen LogP) is 1.20. The van der Waals surface area contributed by atoms with E-state index in [1.165, 1.54) is 38.9 Å². The quantitative estimate of drug-likeness (QED) is 0.737. The number of likely N-dealkylation sites (tertiary alicyclic amines) is 1. The van der Waals surface area contributed by atoms with Crippen LogP contribution in [0.4, 0.5) is 0 Å². The van der Waals surface area contributed by atoms with E-state index in [1.54, 1.807) is 0 Å². The monoisotopic (exact) mass is 198 g/mol. The van der Waals surface area contributed by atoms with E-state index < -0.39 is 0 Å². The van der Waals surface area contributed by atoms with Gasteiger partial charge in [-0.05, 0) is 39.3 Å². The topological polar surface area (TPSA) is 24.5 Å². The molecule has 0 aromatic rings. The molecule has 0 radical (unpaired) electrons. The van der Waals surface area contributed by atoms with Crippen LogP contribution in [0.1, 0.15) is 32.6 Å². The molecule has 2 unspecified atom stereocenters. The molecule has 14 heavy (non-hydrogen) atoms. The number of hydrogen-bond donors (Lipinski definition) is 1. The van der Waals surface area contributed by atoms with E-state index in [-0.39, 0.29) is 0 Å². The van der Waals surface area contributed by atoms with Crippen LogP contribution in [0.25, 0.3) is 0 Å². The first kappa shape index (κ1) is 10.4. The van der Waals surface area contributed by atoms with Crippen molar-refractivity contribution in [3.05, 3.63) is 0 Å². The molecule has 0 aromatic heterocycles. The highest BCUT2D eigenvalue weighted by Gasteiger charge is 2.21. The lowest BCUT2D eigenvalue weighted by Gasteiger charge is -2.27. The Balaban J connectivity index is 1.61. The molecule has 1 N–H and O–H groups in total. The van der Waals surface area contributed by atoms with Gasteiger partial charge < -0.3 is 9.64 Å². The number of ether oxygens (including phenoxy) is 1. The van der Waals surface area contributed by atoms with E-state index in [4.69, 9.17) is 4.74 Å². The maximum Gasteiger partial charge on any atom is 0.109 e. The zero-order valence-electron chi connectivity index (χ0n) is 9.17. The number of hydrogen-bond acceptors (Lipinski definition) is 3. The highest BCUT2D eigenvalue weighted by Crippen LogP contribution is 2.12. The maximum absolute atomic E-state index is 5.71. The smallest absolute Gasteiger partial charge is 0.109 e. The van der Waals surface area contributed by atoms with Gasteiger partial charge in [-0.3, -0.25) is 5.32 Å². The number of nitrogens with zero attached hydrogens (tertiary/aromatic N) is 1. The van der Waals surface area contributed by atoms with Crippen LogP contribution in [0.15, 0.2) is 0 Å². The second kappa shape index (κ2) is 5.10. The fraction of sp³-hybridized carbons (Fsp3) is 1.00. The lowest BCUT2D eigenvalue weighted by molar-refractivity contribution is 0.0378. The summed E-state index contributed by atoms with van der Waals surface area (Å²) in [7, 11) is 0. The van der Waals surface area contributed by atoms with Crippen molar-refractivity contribution in [2.24, 2.45) is 0 Å². The minimum atomic E-state index is 0.312. The van der Waals surface area contributed by atoms with E-state index in [0.29, 0.717) is 12.3 Å². The lowest BCUT2D eigenvalue weighted by atomic mass is 10.1. The molecule has 0 amide bonds. The Bertz CT molecular complexity index is 164. The summed E-state index contributed by atoms with van der Waals surface area (Å²) in [6.07, 6.45) is 6.05. The SMILES string of the molecule is CC1CNC(CCN2CCCCC2)O1. The Morgan fingerprint density at radius 1 is 1.29 bits per heavy atom. The highest BCUT2D eigenvalue weighted by atomic mass is 16.5. The van der Waals surface area contributed by atoms with Crippen LogP contribution < -0.4 is 5.32 Å². The molecular weight excluding hydrogens is 176 g/mol. The van der Waals surface area contributed by atoms with E-state index in [9.17, 15) is 0 Å². The molecule has 2 rings (SSSR count). The second-order valence-electron chi connectivity index (χ2n) is 4.53. The van der Waals surface area contributed by atoms with Crippen molar-refractivity contribution in [3.8, 4) is 0 Å². The van der Waals surface area contributed by atoms with Gasteiger partial charge in [0.15, 0.2) is 0 Å². The lowest BCUT2D eigenvalue weighted by Crippen LogP contribution is -2.34. The van der Waals surface area contributed by atoms with Crippen LogP contribution in [-0.4, -0.2) is 43.4 Å². The molecule has 2 fully saturated rings. The Hall–Kier alpha value is -0.120. The normalized spacial score (nSPS) is 34.9. The first-order valence-corrected chi connectivity index (χ1v) is 5.96. The van der Waals surface area contributed by atoms with Gasteiger partial charge >= 0.3 is 0 Å². The number of nitrogens with one attached hydrogen (secondary N) is 1. The van der Waals surface area contributed by atoms with Crippen LogP contribution in [-0.2, 0) is 4.74 Å². The third-order valence-electron chi connectivity index (χ3n) is 3.19. The largest absolute Gasteiger partial charge is 0.359 e. The predicted molar refractivity (Wildman–Crippen MR) is 57.2 cm³/mol. The first-order valence-electron chi connectivity index (χ1n) is 5.96. The molecule has 3 heteroatoms. The summed E-state index contributed by atoms with van der Waals surface area (Å²) in [5.41, 5.74) is 0. The molecule has 0 spiro atoms. The van der Waals surface area contributed by atoms with E-state index >= 15 is 0 Å². The van der Waals surface area contributed by atoms with Gasteiger partial charge in [0, 0.05) is 13.1 Å². The zero-order chi connectivity index (χ0) is 9.80. The fourth-order valence-electron chi connectivity index (χ4n) is 2.33. The average Bonchev–Trinajstić information content (AvgIpc) is 2.63. The van der Waals surface area contributed by atoms with Crippen molar-refractivity contribution in [1.82, 2.24) is 10.2 Å². The Morgan fingerprint density at radius 3 is 2.71 bits per heavy atom. The van der Waals surface area contributed by atoms with Gasteiger partial charge in [-0.25, -0.2) is 0 Å². The molecule has 0 bridgehead atoms. The van der Waals surface area contributed by atoms with Gasteiger partial charge in [-0.15, -0.1) is 0 Å². The average molecular weight is 198 g/mol. The van der Waals surface area contributed by atoms with Crippen molar-refractivity contribution in [3.63, 3.8) is 0 Å². The van der Waals surface area contributed by atoms with Crippen LogP contribution >= 0.6 is 0 Å². The minimum Gasteiger partial charge on any atom is -0.359 e. The Morgan fingerprint density at radius 2 is 2.07 bits per heavy atom. The van der Waals surface area contributed by atoms with Crippen molar-refractivity contribution in [2.75, 3.05) is 26.2 Å². The fourth-order valence-corrected chi connectivity index (χ4v) is 2.33. The van der Waals surface area contributed by atoms with Gasteiger partial charge in [0.1, 0.15) is 6.23 Å². The summed E-state index contributed by atoms with van der Waals surface area (Å²) in [6.45, 7) is 6.94. The van der Waals surface area contributed by atoms with Crippen molar-refractivity contribution in [2.45, 2.75) is 44.9 Å². The summed E-state index contributed by atoms with van der Waals surface area (Å²) < 4.78 is 5.71. The molecule has 2 atom stereocenters. The molecule has 2 heterocycles. The van der Waals surface area contributed by atoms with Gasteiger partial charge in [0.2, 0.25) is 0 Å². The van der Waals surface area contributed by atoms with E-state index in [1.807, 2.05) is 0 Å². The maximum atomic E-state index is 5.71. The summed E-state index contributed by atoms with van der Waals surface area (Å²) in [4.78, 5) is 2.57. The van der Waals surface area contributed by atoms with Gasteiger partial charge in [-0.2, -0.15) is 0 Å². The molecule has 0 saturated carbocycles. The van der Waals surface area contributed by atoms with Crippen LogP contribution in [0.2, 0.25) is 0 Å². The highest BCUT2D eigenvalue weighted by molar-refractivity contribution is 4.72. The van der Waals surface area contributed by atoms with Crippen molar-refractivity contribution in [1.29, 1.82) is 0 Å². The molecule has 2 aliphatic heterocycles. The second-order valence-corrected chi connectivity index (χ2v) is 4.53. The molecule has 2 aliphatic rings. The zero-order valence-corrected chi connectivity index (χ0v) is 9.17. The van der Waals surface area contributed by atoms with Crippen LogP contribution in [0, 0.1) is 0 Å².